The molecule has 0 aliphatic rings. The van der Waals surface area contributed by atoms with Gasteiger partial charge in [0, 0.05) is 0 Å². The highest BCUT2D eigenvalue weighted by Gasteiger charge is 2.40. The Morgan fingerprint density at radius 3 is 2.08 bits per heavy atom. The molecule has 0 bridgehead atoms. The lowest BCUT2D eigenvalue weighted by atomic mass is 9.85. The normalized spacial score (nSPS) is 13.5. The van der Waals surface area contributed by atoms with Gasteiger partial charge in [0.25, 0.3) is 0 Å². The monoisotopic (exact) mass is 217 g/mol. The second-order valence-corrected chi connectivity index (χ2v) is 3.12. The smallest absolute Gasteiger partial charge is 0.323 e. The summed E-state index contributed by atoms with van der Waals surface area (Å²) in [7, 11) is 1.11. The lowest BCUT2D eigenvalue weighted by Crippen LogP contribution is -2.48. The average Bonchev–Trinajstić information content (AvgIpc) is 2.01. The van der Waals surface area contributed by atoms with Gasteiger partial charge in [0.05, 0.1) is 12.5 Å². The maximum atomic E-state index is 12.3. The van der Waals surface area contributed by atoms with Crippen molar-refractivity contribution in [3.05, 3.63) is 0 Å². The van der Waals surface area contributed by atoms with E-state index < -0.39 is 23.9 Å². The molecule has 2 N–H and O–H groups in total. The Morgan fingerprint density at radius 1 is 1.46 bits per heavy atom. The van der Waals surface area contributed by atoms with Crippen molar-refractivity contribution in [1.82, 2.24) is 0 Å². The molecule has 6 heteroatoms. The second kappa shape index (κ2) is 5.34. The van der Waals surface area contributed by atoms with Gasteiger partial charge in [-0.05, 0) is 0 Å². The van der Waals surface area contributed by atoms with Gasteiger partial charge in [0.15, 0.2) is 0 Å². The van der Waals surface area contributed by atoms with E-state index in [-0.39, 0.29) is 12.4 Å². The molecule has 0 amide bonds. The summed E-state index contributed by atoms with van der Waals surface area (Å²) in [6, 6.07) is -1.29. The fraction of sp³-hybridized carbons (Fsp3) is 0.857. The van der Waals surface area contributed by atoms with E-state index in [0.29, 0.717) is 0 Å². The van der Waals surface area contributed by atoms with E-state index in [1.807, 2.05) is 0 Å². The Kier molecular flexibility index (Phi) is 6.19. The van der Waals surface area contributed by atoms with Gasteiger partial charge in [-0.1, -0.05) is 13.8 Å². The van der Waals surface area contributed by atoms with Gasteiger partial charge in [-0.2, -0.15) is 0 Å². The predicted octanol–water partition coefficient (Wildman–Crippen LogP) is 1.20. The molecule has 1 unspecified atom stereocenters. The summed E-state index contributed by atoms with van der Waals surface area (Å²) in [5.74, 6) is -0.819. The number of methoxy groups -OCH3 is 1. The topological polar surface area (TPSA) is 52.3 Å². The molecule has 0 aliphatic heterocycles. The quantitative estimate of drug-likeness (QED) is 0.723. The van der Waals surface area contributed by atoms with Crippen molar-refractivity contribution in [2.75, 3.05) is 7.11 Å². The zero-order valence-electron chi connectivity index (χ0n) is 7.71. The van der Waals surface area contributed by atoms with Crippen molar-refractivity contribution >= 4 is 18.4 Å². The molecule has 0 aromatic carbocycles. The third-order valence-corrected chi connectivity index (χ3v) is 1.82. The highest BCUT2D eigenvalue weighted by Crippen LogP contribution is 2.28. The number of halogens is 3. The minimum atomic E-state index is -2.65. The number of esters is 1. The SMILES string of the molecule is COC(=O)C(N)C(C)(C)C(F)F.Cl. The van der Waals surface area contributed by atoms with E-state index in [1.54, 1.807) is 0 Å². The van der Waals surface area contributed by atoms with Crippen molar-refractivity contribution in [2.45, 2.75) is 26.3 Å². The van der Waals surface area contributed by atoms with E-state index in [0.717, 1.165) is 7.11 Å². The van der Waals surface area contributed by atoms with Crippen LogP contribution in [0.4, 0.5) is 8.78 Å². The number of hydrogen-bond acceptors (Lipinski definition) is 3. The summed E-state index contributed by atoms with van der Waals surface area (Å²) >= 11 is 0. The molecule has 80 valence electrons. The first-order valence-electron chi connectivity index (χ1n) is 3.45. The Hall–Kier alpha value is -0.420. The first-order chi connectivity index (χ1) is 5.34. The summed E-state index contributed by atoms with van der Waals surface area (Å²) in [6.07, 6.45) is -2.65. The molecule has 3 nitrogen and oxygen atoms in total. The van der Waals surface area contributed by atoms with Crippen LogP contribution in [0.5, 0.6) is 0 Å². The maximum Gasteiger partial charge on any atom is 0.323 e. The first kappa shape index (κ1) is 15.1. The van der Waals surface area contributed by atoms with Gasteiger partial charge in [-0.3, -0.25) is 4.79 Å². The number of ether oxygens (including phenoxy) is 1. The lowest BCUT2D eigenvalue weighted by Gasteiger charge is -2.28. The van der Waals surface area contributed by atoms with Crippen LogP contribution in [-0.4, -0.2) is 25.5 Å². The third-order valence-electron chi connectivity index (χ3n) is 1.82. The maximum absolute atomic E-state index is 12.3. The number of alkyl halides is 2. The molecular formula is C7H14ClF2NO2. The standard InChI is InChI=1S/C7H13F2NO2.ClH/c1-7(2,6(8)9)4(10)5(11)12-3;/h4,6H,10H2,1-3H3;1H. The van der Waals surface area contributed by atoms with Crippen LogP contribution in [0.2, 0.25) is 0 Å². The molecular weight excluding hydrogens is 204 g/mol. The summed E-state index contributed by atoms with van der Waals surface area (Å²) < 4.78 is 28.8. The molecule has 0 saturated carbocycles. The molecule has 0 aliphatic carbocycles. The number of hydrogen-bond donors (Lipinski definition) is 1. The largest absolute Gasteiger partial charge is 0.468 e. The van der Waals surface area contributed by atoms with Gasteiger partial charge in [0.2, 0.25) is 6.43 Å². The summed E-state index contributed by atoms with van der Waals surface area (Å²) in [5.41, 5.74) is 3.70. The molecule has 0 saturated heterocycles. The van der Waals surface area contributed by atoms with Crippen LogP contribution in [0.1, 0.15) is 13.8 Å². The Labute approximate surface area is 82.0 Å². The summed E-state index contributed by atoms with van der Waals surface area (Å²) in [6.45, 7) is 2.44. The Bertz CT molecular complexity index is 176. The lowest BCUT2D eigenvalue weighted by molar-refractivity contribution is -0.148. The third kappa shape index (κ3) is 3.44. The Balaban J connectivity index is 0. The van der Waals surface area contributed by atoms with Crippen LogP contribution in [0.25, 0.3) is 0 Å². The molecule has 0 spiro atoms. The molecule has 0 heterocycles. The number of rotatable bonds is 3. The number of nitrogens with two attached hydrogens (primary N) is 1. The zero-order valence-corrected chi connectivity index (χ0v) is 8.53. The number of carbonyl (C=O) groups is 1. The van der Waals surface area contributed by atoms with Crippen LogP contribution in [-0.2, 0) is 9.53 Å². The van der Waals surface area contributed by atoms with Crippen LogP contribution >= 0.6 is 12.4 Å². The van der Waals surface area contributed by atoms with Gasteiger partial charge in [-0.15, -0.1) is 12.4 Å². The summed E-state index contributed by atoms with van der Waals surface area (Å²) in [5, 5.41) is 0. The molecule has 0 fully saturated rings. The molecule has 1 atom stereocenters. The van der Waals surface area contributed by atoms with Crippen molar-refractivity contribution < 1.29 is 18.3 Å². The van der Waals surface area contributed by atoms with Crippen LogP contribution in [0, 0.1) is 5.41 Å². The minimum absolute atomic E-state index is 0. The van der Waals surface area contributed by atoms with E-state index in [4.69, 9.17) is 5.73 Å². The fourth-order valence-corrected chi connectivity index (χ4v) is 0.566. The van der Waals surface area contributed by atoms with Crippen LogP contribution < -0.4 is 5.73 Å². The van der Waals surface area contributed by atoms with Gasteiger partial charge < -0.3 is 10.5 Å². The molecule has 0 aromatic rings. The van der Waals surface area contributed by atoms with Crippen molar-refractivity contribution in [1.29, 1.82) is 0 Å². The van der Waals surface area contributed by atoms with Crippen molar-refractivity contribution in [3.63, 3.8) is 0 Å². The van der Waals surface area contributed by atoms with E-state index in [2.05, 4.69) is 4.74 Å². The van der Waals surface area contributed by atoms with E-state index >= 15 is 0 Å². The minimum Gasteiger partial charge on any atom is -0.468 e. The average molecular weight is 218 g/mol. The van der Waals surface area contributed by atoms with Crippen molar-refractivity contribution in [2.24, 2.45) is 11.1 Å². The van der Waals surface area contributed by atoms with Crippen LogP contribution in [0.15, 0.2) is 0 Å². The molecule has 0 radical (unpaired) electrons. The summed E-state index contributed by atoms with van der Waals surface area (Å²) in [4.78, 5) is 10.8. The molecule has 0 aromatic heterocycles. The van der Waals surface area contributed by atoms with Gasteiger partial charge >= 0.3 is 5.97 Å². The van der Waals surface area contributed by atoms with E-state index in [1.165, 1.54) is 13.8 Å². The van der Waals surface area contributed by atoms with E-state index in [9.17, 15) is 13.6 Å². The highest BCUT2D eigenvalue weighted by molar-refractivity contribution is 5.85. The van der Waals surface area contributed by atoms with Crippen LogP contribution in [0.3, 0.4) is 0 Å². The second-order valence-electron chi connectivity index (χ2n) is 3.12. The first-order valence-corrected chi connectivity index (χ1v) is 3.45. The zero-order chi connectivity index (χ0) is 9.94. The molecule has 13 heavy (non-hydrogen) atoms. The number of carbonyl (C=O) groups excluding carboxylic acids is 1. The predicted molar refractivity (Wildman–Crippen MR) is 47.0 cm³/mol. The van der Waals surface area contributed by atoms with Gasteiger partial charge in [0.1, 0.15) is 6.04 Å². The van der Waals surface area contributed by atoms with Gasteiger partial charge in [-0.25, -0.2) is 8.78 Å². The Morgan fingerprint density at radius 2 is 1.85 bits per heavy atom. The molecule has 0 rings (SSSR count). The highest BCUT2D eigenvalue weighted by atomic mass is 35.5. The van der Waals surface area contributed by atoms with Crippen molar-refractivity contribution in [3.8, 4) is 0 Å². The fourth-order valence-electron chi connectivity index (χ4n) is 0.566.